The highest BCUT2D eigenvalue weighted by Gasteiger charge is 2.19. The largest absolute Gasteiger partial charge is 0.293 e. The molecule has 0 unspecified atom stereocenters. The molecule has 0 aliphatic carbocycles. The molecule has 9 aromatic rings. The van der Waals surface area contributed by atoms with Crippen LogP contribution in [0.3, 0.4) is 0 Å². The Kier molecular flexibility index (Phi) is 6.16. The highest BCUT2D eigenvalue weighted by molar-refractivity contribution is 6.14. The maximum Gasteiger partial charge on any atom is 0.162 e. The molecular formula is C43H26N4. The summed E-state index contributed by atoms with van der Waals surface area (Å²) >= 11 is 0. The highest BCUT2D eigenvalue weighted by Crippen LogP contribution is 2.38. The number of nitriles is 1. The summed E-state index contributed by atoms with van der Waals surface area (Å²) < 4.78 is 2.30. The molecule has 0 atom stereocenters. The van der Waals surface area contributed by atoms with Crippen molar-refractivity contribution in [3.63, 3.8) is 0 Å². The van der Waals surface area contributed by atoms with Crippen LogP contribution in [0.2, 0.25) is 0 Å². The predicted octanol–water partition coefficient (Wildman–Crippen LogP) is 10.8. The fourth-order valence-corrected chi connectivity index (χ4v) is 6.65. The van der Waals surface area contributed by atoms with Gasteiger partial charge in [0.1, 0.15) is 5.82 Å². The van der Waals surface area contributed by atoms with Crippen LogP contribution in [0, 0.1) is 11.3 Å². The SMILES string of the molecule is N#Cc1ccc(-c2ccc3nc(-c4ccc(-c5ccccc5)cc4)nc(-n4c5ccccc5c5cc6ccccc6cc54)c3c2)cc1. The molecule has 0 saturated heterocycles. The van der Waals surface area contributed by atoms with Crippen molar-refractivity contribution in [1.29, 1.82) is 5.26 Å². The molecule has 0 bridgehead atoms. The fraction of sp³-hybridized carbons (Fsp3) is 0. The van der Waals surface area contributed by atoms with E-state index in [1.807, 2.05) is 30.3 Å². The maximum atomic E-state index is 9.35. The minimum atomic E-state index is 0.638. The Bertz CT molecular complexity index is 2660. The van der Waals surface area contributed by atoms with Crippen molar-refractivity contribution in [3.8, 4) is 45.5 Å². The summed E-state index contributed by atoms with van der Waals surface area (Å²) in [6.45, 7) is 0. The van der Waals surface area contributed by atoms with Gasteiger partial charge in [0.2, 0.25) is 0 Å². The molecule has 2 aromatic heterocycles. The normalized spacial score (nSPS) is 11.4. The van der Waals surface area contributed by atoms with E-state index in [1.165, 1.54) is 27.1 Å². The van der Waals surface area contributed by atoms with Crippen LogP contribution in [-0.2, 0) is 0 Å². The molecule has 0 N–H and O–H groups in total. The summed E-state index contributed by atoms with van der Waals surface area (Å²) in [5.74, 6) is 1.50. The van der Waals surface area contributed by atoms with E-state index >= 15 is 0 Å². The minimum absolute atomic E-state index is 0.638. The molecule has 0 aliphatic rings. The van der Waals surface area contributed by atoms with Gasteiger partial charge in [-0.3, -0.25) is 4.57 Å². The van der Waals surface area contributed by atoms with Gasteiger partial charge < -0.3 is 0 Å². The van der Waals surface area contributed by atoms with Crippen LogP contribution in [0.1, 0.15) is 5.56 Å². The molecule has 7 aromatic carbocycles. The van der Waals surface area contributed by atoms with Crippen LogP contribution in [0.15, 0.2) is 158 Å². The smallest absolute Gasteiger partial charge is 0.162 e. The average Bonchev–Trinajstić information content (AvgIpc) is 3.46. The summed E-state index contributed by atoms with van der Waals surface area (Å²) in [4.78, 5) is 10.5. The van der Waals surface area contributed by atoms with Gasteiger partial charge in [0.25, 0.3) is 0 Å². The van der Waals surface area contributed by atoms with Crippen LogP contribution in [0.25, 0.3) is 82.9 Å². The summed E-state index contributed by atoms with van der Waals surface area (Å²) in [7, 11) is 0. The van der Waals surface area contributed by atoms with Gasteiger partial charge >= 0.3 is 0 Å². The first kappa shape index (κ1) is 26.8. The first-order chi connectivity index (χ1) is 23.2. The molecule has 0 fully saturated rings. The second-order valence-corrected chi connectivity index (χ2v) is 11.8. The third-order valence-corrected chi connectivity index (χ3v) is 9.03. The van der Waals surface area contributed by atoms with Gasteiger partial charge in [0.05, 0.1) is 28.2 Å². The molecule has 0 saturated carbocycles. The number of fused-ring (bicyclic) bond motifs is 5. The quantitative estimate of drug-likeness (QED) is 0.202. The summed E-state index contributed by atoms with van der Waals surface area (Å²) in [6.07, 6.45) is 0. The monoisotopic (exact) mass is 598 g/mol. The molecule has 2 heterocycles. The molecule has 0 spiro atoms. The van der Waals surface area contributed by atoms with Crippen molar-refractivity contribution in [2.24, 2.45) is 0 Å². The van der Waals surface area contributed by atoms with Crippen LogP contribution in [0.4, 0.5) is 0 Å². The topological polar surface area (TPSA) is 54.5 Å². The van der Waals surface area contributed by atoms with E-state index < -0.39 is 0 Å². The van der Waals surface area contributed by atoms with Crippen molar-refractivity contribution < 1.29 is 0 Å². The average molecular weight is 599 g/mol. The Labute approximate surface area is 271 Å². The number of benzene rings is 7. The van der Waals surface area contributed by atoms with E-state index in [-0.39, 0.29) is 0 Å². The lowest BCUT2D eigenvalue weighted by atomic mass is 10.0. The first-order valence-electron chi connectivity index (χ1n) is 15.6. The van der Waals surface area contributed by atoms with Crippen molar-refractivity contribution in [1.82, 2.24) is 14.5 Å². The molecule has 9 rings (SSSR count). The highest BCUT2D eigenvalue weighted by atomic mass is 15.1. The number of hydrogen-bond donors (Lipinski definition) is 0. The van der Waals surface area contributed by atoms with Crippen molar-refractivity contribution in [2.75, 3.05) is 0 Å². The number of rotatable bonds is 4. The van der Waals surface area contributed by atoms with Crippen LogP contribution in [-0.4, -0.2) is 14.5 Å². The van der Waals surface area contributed by atoms with Crippen LogP contribution >= 0.6 is 0 Å². The third kappa shape index (κ3) is 4.53. The van der Waals surface area contributed by atoms with E-state index in [9.17, 15) is 5.26 Å². The van der Waals surface area contributed by atoms with Gasteiger partial charge in [-0.1, -0.05) is 115 Å². The molecule has 47 heavy (non-hydrogen) atoms. The molecule has 4 nitrogen and oxygen atoms in total. The Morgan fingerprint density at radius 1 is 0.447 bits per heavy atom. The third-order valence-electron chi connectivity index (χ3n) is 9.03. The zero-order chi connectivity index (χ0) is 31.3. The Balaban J connectivity index is 1.32. The van der Waals surface area contributed by atoms with Crippen molar-refractivity contribution in [2.45, 2.75) is 0 Å². The van der Waals surface area contributed by atoms with Crippen molar-refractivity contribution >= 4 is 43.5 Å². The predicted molar refractivity (Wildman–Crippen MR) is 192 cm³/mol. The lowest BCUT2D eigenvalue weighted by Crippen LogP contribution is -2.03. The van der Waals surface area contributed by atoms with E-state index in [2.05, 4.69) is 138 Å². The van der Waals surface area contributed by atoms with E-state index in [0.717, 1.165) is 50.0 Å². The van der Waals surface area contributed by atoms with Crippen LogP contribution in [0.5, 0.6) is 0 Å². The van der Waals surface area contributed by atoms with Gasteiger partial charge in [-0.2, -0.15) is 5.26 Å². The summed E-state index contributed by atoms with van der Waals surface area (Å²) in [5.41, 5.74) is 9.04. The standard InChI is InChI=1S/C43H26N4/c44-27-28-14-16-31(17-15-28)35-22-23-39-38(25-35)43(46-42(45-39)32-20-18-30(19-21-32)29-8-2-1-3-9-29)47-40-13-7-6-12-36(40)37-24-33-10-4-5-11-34(33)26-41(37)47/h1-26H. The van der Waals surface area contributed by atoms with Gasteiger partial charge in [-0.25, -0.2) is 9.97 Å². The zero-order valence-corrected chi connectivity index (χ0v) is 25.3. The second kappa shape index (κ2) is 10.8. The van der Waals surface area contributed by atoms with Gasteiger partial charge in [0, 0.05) is 21.7 Å². The fourth-order valence-electron chi connectivity index (χ4n) is 6.65. The van der Waals surface area contributed by atoms with E-state index in [0.29, 0.717) is 11.4 Å². The lowest BCUT2D eigenvalue weighted by molar-refractivity contribution is 1.08. The molecular weight excluding hydrogens is 573 g/mol. The van der Waals surface area contributed by atoms with Gasteiger partial charge in [0.15, 0.2) is 5.82 Å². The number of hydrogen-bond acceptors (Lipinski definition) is 3. The van der Waals surface area contributed by atoms with Crippen molar-refractivity contribution in [3.05, 3.63) is 163 Å². The summed E-state index contributed by atoms with van der Waals surface area (Å²) in [6, 6.07) is 56.8. The lowest BCUT2D eigenvalue weighted by Gasteiger charge is -2.14. The zero-order valence-electron chi connectivity index (χ0n) is 25.3. The van der Waals surface area contributed by atoms with Gasteiger partial charge in [-0.05, 0) is 75.5 Å². The molecule has 0 amide bonds. The molecule has 0 radical (unpaired) electrons. The Morgan fingerprint density at radius 3 is 1.85 bits per heavy atom. The number of para-hydroxylation sites is 1. The molecule has 4 heteroatoms. The number of nitrogens with zero attached hydrogens (tertiary/aromatic N) is 4. The van der Waals surface area contributed by atoms with E-state index in [4.69, 9.17) is 9.97 Å². The minimum Gasteiger partial charge on any atom is -0.293 e. The maximum absolute atomic E-state index is 9.35. The Hall–Kier alpha value is -6.57. The number of aromatic nitrogens is 3. The molecule has 218 valence electrons. The van der Waals surface area contributed by atoms with E-state index in [1.54, 1.807) is 0 Å². The first-order valence-corrected chi connectivity index (χ1v) is 15.6. The molecule has 0 aliphatic heterocycles. The summed E-state index contributed by atoms with van der Waals surface area (Å²) in [5, 5.41) is 15.0. The van der Waals surface area contributed by atoms with Crippen LogP contribution < -0.4 is 0 Å². The second-order valence-electron chi connectivity index (χ2n) is 11.8. The van der Waals surface area contributed by atoms with Gasteiger partial charge in [-0.15, -0.1) is 0 Å². The Morgan fingerprint density at radius 2 is 1.06 bits per heavy atom.